The number of nitrogens with one attached hydrogen (secondary N) is 2. The van der Waals surface area contributed by atoms with Crippen molar-refractivity contribution in [2.75, 3.05) is 26.8 Å². The molecule has 0 aliphatic heterocycles. The lowest BCUT2D eigenvalue weighted by Gasteiger charge is -2.13. The van der Waals surface area contributed by atoms with E-state index in [2.05, 4.69) is 17.6 Å². The Morgan fingerprint density at radius 1 is 1.27 bits per heavy atom. The normalized spacial score (nSPS) is 12.9. The molecule has 4 nitrogen and oxygen atoms in total. The van der Waals surface area contributed by atoms with Crippen LogP contribution < -0.4 is 10.6 Å². The van der Waals surface area contributed by atoms with Crippen molar-refractivity contribution in [3.63, 3.8) is 0 Å². The largest absolute Gasteiger partial charge is 0.383 e. The van der Waals surface area contributed by atoms with Gasteiger partial charge in [-0.2, -0.15) is 0 Å². The molecule has 0 aliphatic rings. The Morgan fingerprint density at radius 2 is 1.93 bits per heavy atom. The monoisotopic (exact) mass is 216 g/mol. The standard InChI is InChI=1S/C11H24N2O2/c1-9(2)11(14)13-7-5-6-12-10(3)8-15-4/h9-10,12H,5-8H2,1-4H3,(H,13,14). The Hall–Kier alpha value is -0.610. The first-order valence-electron chi connectivity index (χ1n) is 5.58. The highest BCUT2D eigenvalue weighted by Gasteiger charge is 2.04. The molecule has 1 unspecified atom stereocenters. The number of carbonyl (C=O) groups excluding carboxylic acids is 1. The van der Waals surface area contributed by atoms with Gasteiger partial charge in [0, 0.05) is 25.6 Å². The highest BCUT2D eigenvalue weighted by molar-refractivity contribution is 5.77. The van der Waals surface area contributed by atoms with E-state index in [-0.39, 0.29) is 11.8 Å². The molecular weight excluding hydrogens is 192 g/mol. The van der Waals surface area contributed by atoms with Crippen LogP contribution in [0.15, 0.2) is 0 Å². The fraction of sp³-hybridized carbons (Fsp3) is 0.909. The molecule has 0 aromatic carbocycles. The number of carbonyl (C=O) groups is 1. The van der Waals surface area contributed by atoms with Crippen molar-refractivity contribution in [2.24, 2.45) is 5.92 Å². The second-order valence-electron chi connectivity index (χ2n) is 4.11. The molecule has 0 saturated carbocycles. The van der Waals surface area contributed by atoms with Crippen molar-refractivity contribution < 1.29 is 9.53 Å². The van der Waals surface area contributed by atoms with Crippen LogP contribution in [0.5, 0.6) is 0 Å². The maximum Gasteiger partial charge on any atom is 0.222 e. The molecule has 0 radical (unpaired) electrons. The Labute approximate surface area is 92.8 Å². The van der Waals surface area contributed by atoms with Crippen LogP contribution in [0, 0.1) is 5.92 Å². The van der Waals surface area contributed by atoms with Gasteiger partial charge in [0.2, 0.25) is 5.91 Å². The zero-order valence-corrected chi connectivity index (χ0v) is 10.3. The van der Waals surface area contributed by atoms with Crippen molar-refractivity contribution in [1.82, 2.24) is 10.6 Å². The summed E-state index contributed by atoms with van der Waals surface area (Å²) in [5.74, 6) is 0.199. The first kappa shape index (κ1) is 14.4. The lowest BCUT2D eigenvalue weighted by atomic mass is 10.2. The van der Waals surface area contributed by atoms with Gasteiger partial charge in [0.05, 0.1) is 6.61 Å². The zero-order chi connectivity index (χ0) is 11.7. The van der Waals surface area contributed by atoms with E-state index in [9.17, 15) is 4.79 Å². The molecule has 0 fully saturated rings. The minimum atomic E-state index is 0.0744. The Kier molecular flexibility index (Phi) is 8.33. The van der Waals surface area contributed by atoms with Crippen molar-refractivity contribution in [3.05, 3.63) is 0 Å². The molecule has 0 aromatic heterocycles. The first-order chi connectivity index (χ1) is 7.07. The molecule has 0 saturated heterocycles. The van der Waals surface area contributed by atoms with Crippen LogP contribution in [-0.2, 0) is 9.53 Å². The van der Waals surface area contributed by atoms with Gasteiger partial charge in [-0.05, 0) is 19.9 Å². The molecule has 2 N–H and O–H groups in total. The van der Waals surface area contributed by atoms with E-state index in [0.717, 1.165) is 26.1 Å². The second kappa shape index (κ2) is 8.68. The van der Waals surface area contributed by atoms with Crippen molar-refractivity contribution in [2.45, 2.75) is 33.2 Å². The minimum absolute atomic E-state index is 0.0744. The summed E-state index contributed by atoms with van der Waals surface area (Å²) in [5.41, 5.74) is 0. The number of ether oxygens (including phenoxy) is 1. The maximum absolute atomic E-state index is 11.2. The topological polar surface area (TPSA) is 50.4 Å². The summed E-state index contributed by atoms with van der Waals surface area (Å²) in [6.07, 6.45) is 0.951. The summed E-state index contributed by atoms with van der Waals surface area (Å²) in [7, 11) is 1.70. The SMILES string of the molecule is COCC(C)NCCCNC(=O)C(C)C. The Morgan fingerprint density at radius 3 is 2.47 bits per heavy atom. The van der Waals surface area contributed by atoms with E-state index < -0.39 is 0 Å². The van der Waals surface area contributed by atoms with Gasteiger partial charge < -0.3 is 15.4 Å². The lowest BCUT2D eigenvalue weighted by Crippen LogP contribution is -2.34. The third-order valence-corrected chi connectivity index (χ3v) is 2.09. The van der Waals surface area contributed by atoms with Crippen LogP contribution >= 0.6 is 0 Å². The van der Waals surface area contributed by atoms with Gasteiger partial charge in [0.15, 0.2) is 0 Å². The fourth-order valence-corrected chi connectivity index (χ4v) is 1.16. The molecule has 0 bridgehead atoms. The summed E-state index contributed by atoms with van der Waals surface area (Å²) in [6, 6.07) is 0.371. The van der Waals surface area contributed by atoms with Crippen molar-refractivity contribution in [3.8, 4) is 0 Å². The van der Waals surface area contributed by atoms with Gasteiger partial charge in [0.25, 0.3) is 0 Å². The molecule has 0 heterocycles. The van der Waals surface area contributed by atoms with Gasteiger partial charge in [0.1, 0.15) is 0 Å². The molecule has 90 valence electrons. The Bertz CT molecular complexity index is 172. The predicted molar refractivity (Wildman–Crippen MR) is 61.8 cm³/mol. The van der Waals surface area contributed by atoms with Gasteiger partial charge in [-0.3, -0.25) is 4.79 Å². The smallest absolute Gasteiger partial charge is 0.222 e. The second-order valence-corrected chi connectivity index (χ2v) is 4.11. The number of methoxy groups -OCH3 is 1. The fourth-order valence-electron chi connectivity index (χ4n) is 1.16. The molecular formula is C11H24N2O2. The van der Waals surface area contributed by atoms with E-state index in [4.69, 9.17) is 4.74 Å². The molecule has 15 heavy (non-hydrogen) atoms. The number of hydrogen-bond acceptors (Lipinski definition) is 3. The summed E-state index contributed by atoms with van der Waals surface area (Å²) in [5, 5.41) is 6.19. The van der Waals surface area contributed by atoms with E-state index in [1.165, 1.54) is 0 Å². The van der Waals surface area contributed by atoms with Crippen molar-refractivity contribution in [1.29, 1.82) is 0 Å². The van der Waals surface area contributed by atoms with Crippen LogP contribution in [0.3, 0.4) is 0 Å². The molecule has 4 heteroatoms. The third-order valence-electron chi connectivity index (χ3n) is 2.09. The minimum Gasteiger partial charge on any atom is -0.383 e. The quantitative estimate of drug-likeness (QED) is 0.589. The zero-order valence-electron chi connectivity index (χ0n) is 10.3. The average molecular weight is 216 g/mol. The highest BCUT2D eigenvalue weighted by Crippen LogP contribution is 1.90. The first-order valence-corrected chi connectivity index (χ1v) is 5.58. The van der Waals surface area contributed by atoms with Crippen molar-refractivity contribution >= 4 is 5.91 Å². The highest BCUT2D eigenvalue weighted by atomic mass is 16.5. The number of rotatable bonds is 8. The maximum atomic E-state index is 11.2. The lowest BCUT2D eigenvalue weighted by molar-refractivity contribution is -0.123. The number of hydrogen-bond donors (Lipinski definition) is 2. The predicted octanol–water partition coefficient (Wildman–Crippen LogP) is 0.773. The van der Waals surface area contributed by atoms with Gasteiger partial charge in [-0.15, -0.1) is 0 Å². The van der Waals surface area contributed by atoms with Crippen LogP contribution in [0.25, 0.3) is 0 Å². The molecule has 1 amide bonds. The van der Waals surface area contributed by atoms with E-state index in [0.29, 0.717) is 6.04 Å². The van der Waals surface area contributed by atoms with Gasteiger partial charge in [-0.1, -0.05) is 13.8 Å². The number of amides is 1. The van der Waals surface area contributed by atoms with E-state index in [1.54, 1.807) is 7.11 Å². The molecule has 0 aliphatic carbocycles. The van der Waals surface area contributed by atoms with Crippen LogP contribution in [0.1, 0.15) is 27.2 Å². The molecule has 0 rings (SSSR count). The molecule has 0 spiro atoms. The van der Waals surface area contributed by atoms with Crippen LogP contribution in [0.2, 0.25) is 0 Å². The van der Waals surface area contributed by atoms with Gasteiger partial charge in [-0.25, -0.2) is 0 Å². The molecule has 0 aromatic rings. The molecule has 1 atom stereocenters. The van der Waals surface area contributed by atoms with Crippen LogP contribution in [-0.4, -0.2) is 38.8 Å². The Balaban J connectivity index is 3.28. The van der Waals surface area contributed by atoms with Gasteiger partial charge >= 0.3 is 0 Å². The average Bonchev–Trinajstić information content (AvgIpc) is 2.17. The van der Waals surface area contributed by atoms with E-state index >= 15 is 0 Å². The van der Waals surface area contributed by atoms with Crippen LogP contribution in [0.4, 0.5) is 0 Å². The summed E-state index contributed by atoms with van der Waals surface area (Å²) < 4.78 is 5.00. The summed E-state index contributed by atoms with van der Waals surface area (Å²) in [4.78, 5) is 11.2. The summed E-state index contributed by atoms with van der Waals surface area (Å²) in [6.45, 7) is 8.24. The van der Waals surface area contributed by atoms with E-state index in [1.807, 2.05) is 13.8 Å². The third kappa shape index (κ3) is 8.39. The summed E-state index contributed by atoms with van der Waals surface area (Å²) >= 11 is 0.